The maximum atomic E-state index is 12.2. The number of rotatable bonds is 5. The van der Waals surface area contributed by atoms with Crippen molar-refractivity contribution >= 4 is 16.0 Å². The van der Waals surface area contributed by atoms with E-state index in [-0.39, 0.29) is 16.6 Å². The lowest BCUT2D eigenvalue weighted by molar-refractivity contribution is 0.403. The summed E-state index contributed by atoms with van der Waals surface area (Å²) in [6.45, 7) is 1.89. The van der Waals surface area contributed by atoms with Gasteiger partial charge in [-0.2, -0.15) is 4.98 Å². The molecule has 0 fully saturated rings. The van der Waals surface area contributed by atoms with Crippen molar-refractivity contribution in [1.29, 1.82) is 0 Å². The van der Waals surface area contributed by atoms with Gasteiger partial charge in [0, 0.05) is 6.42 Å². The van der Waals surface area contributed by atoms with Gasteiger partial charge < -0.3 is 4.74 Å². The number of anilines is 1. The lowest BCUT2D eigenvalue weighted by Gasteiger charge is -2.08. The van der Waals surface area contributed by atoms with Gasteiger partial charge in [0.05, 0.1) is 7.11 Å². The molecular weight excluding hydrogens is 268 g/mol. The zero-order chi connectivity index (χ0) is 13.9. The van der Waals surface area contributed by atoms with E-state index in [0.29, 0.717) is 12.2 Å². The quantitative estimate of drug-likeness (QED) is 0.858. The Bertz CT molecular complexity index is 666. The molecule has 8 heteroatoms. The number of aryl methyl sites for hydroxylation is 1. The van der Waals surface area contributed by atoms with Crippen LogP contribution in [0, 0.1) is 0 Å². The van der Waals surface area contributed by atoms with Crippen molar-refractivity contribution in [3.63, 3.8) is 0 Å². The van der Waals surface area contributed by atoms with Crippen LogP contribution in [0.1, 0.15) is 12.7 Å². The number of benzene rings is 1. The first-order valence-electron chi connectivity index (χ1n) is 5.64. The van der Waals surface area contributed by atoms with Gasteiger partial charge in [0.25, 0.3) is 16.0 Å². The second-order valence-corrected chi connectivity index (χ2v) is 5.37. The summed E-state index contributed by atoms with van der Waals surface area (Å²) in [5, 5.41) is 6.42. The van der Waals surface area contributed by atoms with Crippen LogP contribution in [0.4, 0.5) is 5.95 Å². The van der Waals surface area contributed by atoms with E-state index in [4.69, 9.17) is 4.74 Å². The van der Waals surface area contributed by atoms with Crippen molar-refractivity contribution in [2.75, 3.05) is 11.8 Å². The summed E-state index contributed by atoms with van der Waals surface area (Å²) >= 11 is 0. The molecule has 0 saturated carbocycles. The first-order chi connectivity index (χ1) is 9.06. The second kappa shape index (κ2) is 5.27. The fourth-order valence-corrected chi connectivity index (χ4v) is 2.63. The summed E-state index contributed by atoms with van der Waals surface area (Å²) in [6, 6.07) is 6.34. The van der Waals surface area contributed by atoms with Gasteiger partial charge in [0.15, 0.2) is 0 Å². The van der Waals surface area contributed by atoms with Gasteiger partial charge in [0.1, 0.15) is 16.5 Å². The molecule has 0 bridgehead atoms. The molecule has 1 aromatic heterocycles. The van der Waals surface area contributed by atoms with E-state index < -0.39 is 10.0 Å². The van der Waals surface area contributed by atoms with Crippen LogP contribution in [-0.2, 0) is 16.4 Å². The molecule has 0 aliphatic heterocycles. The fourth-order valence-electron chi connectivity index (χ4n) is 1.52. The van der Waals surface area contributed by atoms with Gasteiger partial charge in [-0.05, 0) is 12.1 Å². The van der Waals surface area contributed by atoms with Crippen LogP contribution in [0.25, 0.3) is 0 Å². The number of ether oxygens (including phenoxy) is 1. The number of aromatic amines is 1. The molecule has 0 aliphatic carbocycles. The molecule has 19 heavy (non-hydrogen) atoms. The van der Waals surface area contributed by atoms with Crippen LogP contribution < -0.4 is 9.46 Å². The van der Waals surface area contributed by atoms with Gasteiger partial charge in [-0.15, -0.1) is 5.10 Å². The molecule has 0 atom stereocenters. The third-order valence-corrected chi connectivity index (χ3v) is 3.82. The molecule has 0 aliphatic rings. The number of sulfonamides is 1. The zero-order valence-electron chi connectivity index (χ0n) is 10.5. The summed E-state index contributed by atoms with van der Waals surface area (Å²) in [4.78, 5) is 4.04. The van der Waals surface area contributed by atoms with Crippen LogP contribution in [0.15, 0.2) is 29.2 Å². The monoisotopic (exact) mass is 282 g/mol. The van der Waals surface area contributed by atoms with E-state index >= 15 is 0 Å². The predicted molar refractivity (Wildman–Crippen MR) is 69.6 cm³/mol. The van der Waals surface area contributed by atoms with E-state index in [1.807, 2.05) is 6.92 Å². The van der Waals surface area contributed by atoms with Crippen LogP contribution >= 0.6 is 0 Å². The Balaban J connectivity index is 2.32. The van der Waals surface area contributed by atoms with Crippen LogP contribution in [0.5, 0.6) is 5.75 Å². The first kappa shape index (κ1) is 13.3. The molecule has 7 nitrogen and oxygen atoms in total. The molecule has 0 unspecified atom stereocenters. The molecule has 0 saturated heterocycles. The Morgan fingerprint density at radius 1 is 1.37 bits per heavy atom. The number of hydrogen-bond donors (Lipinski definition) is 2. The normalized spacial score (nSPS) is 11.3. The lowest BCUT2D eigenvalue weighted by atomic mass is 10.3. The highest BCUT2D eigenvalue weighted by Crippen LogP contribution is 2.24. The highest BCUT2D eigenvalue weighted by atomic mass is 32.2. The van der Waals surface area contributed by atoms with E-state index in [2.05, 4.69) is 19.9 Å². The third-order valence-electron chi connectivity index (χ3n) is 2.45. The SMILES string of the molecule is CCc1nc(NS(=O)(=O)c2ccccc2OC)n[nH]1. The highest BCUT2D eigenvalue weighted by Gasteiger charge is 2.20. The minimum atomic E-state index is -3.77. The zero-order valence-corrected chi connectivity index (χ0v) is 11.4. The molecule has 2 N–H and O–H groups in total. The van der Waals surface area contributed by atoms with Crippen LogP contribution in [-0.4, -0.2) is 30.7 Å². The van der Waals surface area contributed by atoms with Crippen molar-refractivity contribution < 1.29 is 13.2 Å². The molecule has 102 valence electrons. The minimum Gasteiger partial charge on any atom is -0.495 e. The van der Waals surface area contributed by atoms with Gasteiger partial charge in [-0.3, -0.25) is 5.10 Å². The summed E-state index contributed by atoms with van der Waals surface area (Å²) in [6.07, 6.45) is 0.642. The third kappa shape index (κ3) is 2.84. The van der Waals surface area contributed by atoms with E-state index in [1.54, 1.807) is 18.2 Å². The molecule has 1 heterocycles. The largest absolute Gasteiger partial charge is 0.495 e. The standard InChI is InChI=1S/C11H14N4O3S/c1-3-10-12-11(14-13-10)15-19(16,17)9-7-5-4-6-8(9)18-2/h4-7H,3H2,1-2H3,(H2,12,13,14,15). The average Bonchev–Trinajstić information content (AvgIpc) is 2.85. The average molecular weight is 282 g/mol. The van der Waals surface area contributed by atoms with Crippen molar-refractivity contribution in [2.45, 2.75) is 18.2 Å². The topological polar surface area (TPSA) is 97.0 Å². The van der Waals surface area contributed by atoms with Gasteiger partial charge in [-0.25, -0.2) is 13.1 Å². The molecule has 0 amide bonds. The number of para-hydroxylation sites is 1. The summed E-state index contributed by atoms with van der Waals surface area (Å²) < 4.78 is 31.7. The lowest BCUT2D eigenvalue weighted by Crippen LogP contribution is -2.15. The van der Waals surface area contributed by atoms with Crippen molar-refractivity contribution in [3.05, 3.63) is 30.1 Å². The van der Waals surface area contributed by atoms with Crippen molar-refractivity contribution in [3.8, 4) is 5.75 Å². The van der Waals surface area contributed by atoms with E-state index in [1.165, 1.54) is 13.2 Å². The van der Waals surface area contributed by atoms with Gasteiger partial charge in [0.2, 0.25) is 0 Å². The number of methoxy groups -OCH3 is 1. The molecule has 1 aromatic carbocycles. The Morgan fingerprint density at radius 2 is 2.11 bits per heavy atom. The molecule has 2 aromatic rings. The minimum absolute atomic E-state index is 0.0164. The van der Waals surface area contributed by atoms with Crippen LogP contribution in [0.2, 0.25) is 0 Å². The van der Waals surface area contributed by atoms with Gasteiger partial charge >= 0.3 is 0 Å². The summed E-state index contributed by atoms with van der Waals surface area (Å²) in [7, 11) is -2.36. The molecular formula is C11H14N4O3S. The maximum Gasteiger partial charge on any atom is 0.267 e. The number of hydrogen-bond acceptors (Lipinski definition) is 5. The van der Waals surface area contributed by atoms with Crippen LogP contribution in [0.3, 0.4) is 0 Å². The Hall–Kier alpha value is -2.09. The Kier molecular flexibility index (Phi) is 3.70. The van der Waals surface area contributed by atoms with Gasteiger partial charge in [-0.1, -0.05) is 19.1 Å². The summed E-state index contributed by atoms with van der Waals surface area (Å²) in [5.41, 5.74) is 0. The highest BCUT2D eigenvalue weighted by molar-refractivity contribution is 7.92. The maximum absolute atomic E-state index is 12.2. The number of nitrogens with one attached hydrogen (secondary N) is 2. The second-order valence-electron chi connectivity index (χ2n) is 3.72. The van der Waals surface area contributed by atoms with E-state index in [0.717, 1.165) is 0 Å². The Labute approximate surface area is 111 Å². The van der Waals surface area contributed by atoms with Crippen molar-refractivity contribution in [1.82, 2.24) is 15.2 Å². The predicted octanol–water partition coefficient (Wildman–Crippen LogP) is 1.18. The summed E-state index contributed by atoms with van der Waals surface area (Å²) in [5.74, 6) is 0.890. The molecule has 0 spiro atoms. The number of aromatic nitrogens is 3. The number of nitrogens with zero attached hydrogens (tertiary/aromatic N) is 2. The number of H-pyrrole nitrogens is 1. The fraction of sp³-hybridized carbons (Fsp3) is 0.273. The smallest absolute Gasteiger partial charge is 0.267 e. The van der Waals surface area contributed by atoms with Crippen molar-refractivity contribution in [2.24, 2.45) is 0 Å². The Morgan fingerprint density at radius 3 is 2.74 bits per heavy atom. The molecule has 0 radical (unpaired) electrons. The molecule has 2 rings (SSSR count). The van der Waals surface area contributed by atoms with E-state index in [9.17, 15) is 8.42 Å². The first-order valence-corrected chi connectivity index (χ1v) is 7.12.